The van der Waals surface area contributed by atoms with Crippen molar-refractivity contribution in [1.29, 1.82) is 0 Å². The molecule has 0 spiro atoms. The van der Waals surface area contributed by atoms with Crippen molar-refractivity contribution in [1.82, 2.24) is 0 Å². The SMILES string of the molecule is COCCOCCOCCOC(C)=O. The van der Waals surface area contributed by atoms with Crippen LogP contribution in [0.4, 0.5) is 0 Å². The predicted octanol–water partition coefficient (Wildman–Crippen LogP) is 0.229. The van der Waals surface area contributed by atoms with Crippen molar-refractivity contribution in [3.63, 3.8) is 0 Å². The summed E-state index contributed by atoms with van der Waals surface area (Å²) >= 11 is 0. The van der Waals surface area contributed by atoms with E-state index in [4.69, 9.17) is 14.2 Å². The van der Waals surface area contributed by atoms with E-state index >= 15 is 0 Å². The van der Waals surface area contributed by atoms with E-state index < -0.39 is 0 Å². The van der Waals surface area contributed by atoms with Crippen LogP contribution in [0, 0.1) is 0 Å². The molecule has 0 amide bonds. The molecule has 0 rings (SSSR count). The number of carbonyl (C=O) groups is 1. The van der Waals surface area contributed by atoms with Crippen molar-refractivity contribution in [2.45, 2.75) is 6.92 Å². The van der Waals surface area contributed by atoms with Gasteiger partial charge >= 0.3 is 5.97 Å². The summed E-state index contributed by atoms with van der Waals surface area (Å²) in [7, 11) is 1.62. The van der Waals surface area contributed by atoms with Crippen LogP contribution >= 0.6 is 0 Å². The molecule has 0 saturated carbocycles. The van der Waals surface area contributed by atoms with E-state index in [0.29, 0.717) is 39.6 Å². The van der Waals surface area contributed by atoms with Gasteiger partial charge in [-0.1, -0.05) is 0 Å². The highest BCUT2D eigenvalue weighted by Crippen LogP contribution is 1.81. The Morgan fingerprint density at radius 3 is 1.93 bits per heavy atom. The van der Waals surface area contributed by atoms with Crippen molar-refractivity contribution in [3.8, 4) is 0 Å². The van der Waals surface area contributed by atoms with Crippen LogP contribution in [0.5, 0.6) is 0 Å². The van der Waals surface area contributed by atoms with Gasteiger partial charge in [-0.15, -0.1) is 0 Å². The molecule has 0 aromatic carbocycles. The third-order valence-electron chi connectivity index (χ3n) is 1.34. The average Bonchev–Trinajstić information content (AvgIpc) is 2.15. The summed E-state index contributed by atoms with van der Waals surface area (Å²) < 4.78 is 19.7. The van der Waals surface area contributed by atoms with Crippen LogP contribution in [0.3, 0.4) is 0 Å². The first-order chi connectivity index (χ1) is 6.77. The smallest absolute Gasteiger partial charge is 0.302 e. The Morgan fingerprint density at radius 2 is 1.43 bits per heavy atom. The van der Waals surface area contributed by atoms with Crippen LogP contribution in [0.2, 0.25) is 0 Å². The molecule has 0 aliphatic rings. The van der Waals surface area contributed by atoms with Gasteiger partial charge in [0.2, 0.25) is 0 Å². The van der Waals surface area contributed by atoms with Gasteiger partial charge in [0.1, 0.15) is 6.61 Å². The fourth-order valence-corrected chi connectivity index (χ4v) is 0.709. The number of carbonyl (C=O) groups excluding carboxylic acids is 1. The summed E-state index contributed by atoms with van der Waals surface area (Å²) in [6.45, 7) is 4.28. The van der Waals surface area contributed by atoms with E-state index in [9.17, 15) is 4.79 Å². The molecule has 0 fully saturated rings. The molecule has 0 N–H and O–H groups in total. The van der Waals surface area contributed by atoms with E-state index in [0.717, 1.165) is 0 Å². The fourth-order valence-electron chi connectivity index (χ4n) is 0.709. The van der Waals surface area contributed by atoms with Crippen LogP contribution in [0.1, 0.15) is 6.92 Å². The van der Waals surface area contributed by atoms with Crippen molar-refractivity contribution >= 4 is 5.97 Å². The lowest BCUT2D eigenvalue weighted by Gasteiger charge is -2.05. The Kier molecular flexibility index (Phi) is 9.95. The van der Waals surface area contributed by atoms with Crippen LogP contribution in [0.15, 0.2) is 0 Å². The molecule has 0 unspecified atom stereocenters. The normalized spacial score (nSPS) is 10.1. The third kappa shape index (κ3) is 11.4. The van der Waals surface area contributed by atoms with Gasteiger partial charge in [-0.25, -0.2) is 0 Å². The Bertz CT molecular complexity index is 137. The molecule has 0 aliphatic carbocycles. The largest absolute Gasteiger partial charge is 0.463 e. The average molecular weight is 206 g/mol. The first kappa shape index (κ1) is 13.4. The monoisotopic (exact) mass is 206 g/mol. The molecule has 0 aromatic heterocycles. The second-order valence-corrected chi connectivity index (χ2v) is 2.56. The Labute approximate surface area is 84.3 Å². The molecule has 0 aromatic rings. The Hall–Kier alpha value is -0.650. The second-order valence-electron chi connectivity index (χ2n) is 2.56. The topological polar surface area (TPSA) is 54.0 Å². The van der Waals surface area contributed by atoms with Gasteiger partial charge in [0.25, 0.3) is 0 Å². The van der Waals surface area contributed by atoms with E-state index in [1.807, 2.05) is 0 Å². The van der Waals surface area contributed by atoms with Crippen molar-refractivity contribution < 1.29 is 23.7 Å². The summed E-state index contributed by atoms with van der Waals surface area (Å²) in [6.07, 6.45) is 0. The molecule has 0 saturated heterocycles. The van der Waals surface area contributed by atoms with Crippen LogP contribution in [0.25, 0.3) is 0 Å². The molecule has 5 heteroatoms. The number of esters is 1. The quantitative estimate of drug-likeness (QED) is 0.399. The number of hydrogen-bond donors (Lipinski definition) is 0. The summed E-state index contributed by atoms with van der Waals surface area (Å²) in [6, 6.07) is 0. The number of ether oxygens (including phenoxy) is 4. The molecule has 0 heterocycles. The van der Waals surface area contributed by atoms with Gasteiger partial charge in [0.05, 0.1) is 33.0 Å². The second kappa shape index (κ2) is 10.4. The Balaban J connectivity index is 2.88. The highest BCUT2D eigenvalue weighted by atomic mass is 16.6. The molecule has 84 valence electrons. The minimum absolute atomic E-state index is 0.287. The maximum atomic E-state index is 10.3. The van der Waals surface area contributed by atoms with Crippen LogP contribution in [-0.2, 0) is 23.7 Å². The van der Waals surface area contributed by atoms with Gasteiger partial charge < -0.3 is 18.9 Å². The van der Waals surface area contributed by atoms with Gasteiger partial charge in [-0.2, -0.15) is 0 Å². The van der Waals surface area contributed by atoms with Crippen molar-refractivity contribution in [3.05, 3.63) is 0 Å². The number of methoxy groups -OCH3 is 1. The Morgan fingerprint density at radius 1 is 0.929 bits per heavy atom. The summed E-state index contributed by atoms with van der Waals surface area (Å²) in [5.41, 5.74) is 0. The molecule has 0 radical (unpaired) electrons. The van der Waals surface area contributed by atoms with Crippen LogP contribution in [-0.4, -0.2) is 52.7 Å². The maximum absolute atomic E-state index is 10.3. The first-order valence-corrected chi connectivity index (χ1v) is 4.55. The standard InChI is InChI=1S/C9H18O5/c1-9(10)14-8-7-13-6-5-12-4-3-11-2/h3-8H2,1-2H3. The van der Waals surface area contributed by atoms with Crippen molar-refractivity contribution in [2.75, 3.05) is 46.8 Å². The van der Waals surface area contributed by atoms with E-state index in [-0.39, 0.29) is 5.97 Å². The van der Waals surface area contributed by atoms with Gasteiger partial charge in [0.15, 0.2) is 0 Å². The molecule has 0 atom stereocenters. The van der Waals surface area contributed by atoms with E-state index in [1.165, 1.54) is 6.92 Å². The molecule has 14 heavy (non-hydrogen) atoms. The maximum Gasteiger partial charge on any atom is 0.302 e. The summed E-state index contributed by atoms with van der Waals surface area (Å²) in [5, 5.41) is 0. The van der Waals surface area contributed by atoms with E-state index in [1.54, 1.807) is 7.11 Å². The lowest BCUT2D eigenvalue weighted by Crippen LogP contribution is -2.12. The zero-order valence-electron chi connectivity index (χ0n) is 8.78. The highest BCUT2D eigenvalue weighted by Gasteiger charge is 1.93. The number of hydrogen-bond acceptors (Lipinski definition) is 5. The van der Waals surface area contributed by atoms with E-state index in [2.05, 4.69) is 4.74 Å². The fraction of sp³-hybridized carbons (Fsp3) is 0.889. The van der Waals surface area contributed by atoms with Gasteiger partial charge in [0, 0.05) is 14.0 Å². The molecular weight excluding hydrogens is 188 g/mol. The summed E-state index contributed by atoms with van der Waals surface area (Å²) in [5.74, 6) is -0.287. The molecule has 0 aliphatic heterocycles. The lowest BCUT2D eigenvalue weighted by molar-refractivity contribution is -0.142. The predicted molar refractivity (Wildman–Crippen MR) is 50.1 cm³/mol. The molecule has 5 nitrogen and oxygen atoms in total. The minimum atomic E-state index is -0.287. The minimum Gasteiger partial charge on any atom is -0.463 e. The van der Waals surface area contributed by atoms with Gasteiger partial charge in [-0.05, 0) is 0 Å². The van der Waals surface area contributed by atoms with Crippen LogP contribution < -0.4 is 0 Å². The molecule has 0 bridgehead atoms. The first-order valence-electron chi connectivity index (χ1n) is 4.55. The molecular formula is C9H18O5. The van der Waals surface area contributed by atoms with Crippen molar-refractivity contribution in [2.24, 2.45) is 0 Å². The lowest BCUT2D eigenvalue weighted by atomic mass is 10.7. The zero-order valence-corrected chi connectivity index (χ0v) is 8.78. The third-order valence-corrected chi connectivity index (χ3v) is 1.34. The number of rotatable bonds is 9. The van der Waals surface area contributed by atoms with Gasteiger partial charge in [-0.3, -0.25) is 4.79 Å². The summed E-state index contributed by atoms with van der Waals surface area (Å²) in [4.78, 5) is 10.3. The zero-order chi connectivity index (χ0) is 10.6. The highest BCUT2D eigenvalue weighted by molar-refractivity contribution is 5.65.